The number of hydrogen-bond donors (Lipinski definition) is 2. The van der Waals surface area contributed by atoms with Crippen molar-refractivity contribution in [1.82, 2.24) is 15.6 Å². The van der Waals surface area contributed by atoms with E-state index in [2.05, 4.69) is 54.4 Å². The first-order valence-corrected chi connectivity index (χ1v) is 9.50. The van der Waals surface area contributed by atoms with E-state index in [9.17, 15) is 0 Å². The number of nitrogens with zero attached hydrogens (tertiary/aromatic N) is 2. The molecule has 0 amide bonds. The molecule has 2 aromatic rings. The molecule has 2 atom stereocenters. The molecule has 3 rings (SSSR count). The molecular formula is C20H28ClIN4O. The number of nitrogens with one attached hydrogen (secondary N) is 2. The molecule has 27 heavy (non-hydrogen) atoms. The summed E-state index contributed by atoms with van der Waals surface area (Å²) in [6.07, 6.45) is 2.87. The Kier molecular flexibility index (Phi) is 7.56. The Morgan fingerprint density at radius 2 is 2.15 bits per heavy atom. The van der Waals surface area contributed by atoms with Crippen LogP contribution >= 0.6 is 35.6 Å². The lowest BCUT2D eigenvalue weighted by Gasteiger charge is -2.13. The molecule has 0 bridgehead atoms. The van der Waals surface area contributed by atoms with Crippen LogP contribution in [0.15, 0.2) is 39.9 Å². The van der Waals surface area contributed by atoms with Gasteiger partial charge in [0.15, 0.2) is 5.96 Å². The van der Waals surface area contributed by atoms with E-state index in [1.807, 2.05) is 18.2 Å². The van der Waals surface area contributed by atoms with Crippen LogP contribution in [0.3, 0.4) is 0 Å². The van der Waals surface area contributed by atoms with Gasteiger partial charge in [-0.1, -0.05) is 44.5 Å². The number of aliphatic imine (C=N–C) groups is 1. The number of benzene rings is 1. The SMILES string of the molecule is CCNC(=NCc1ncc(C(C)(C)C)o1)NC1CC1c1cccc(Cl)c1.I. The Morgan fingerprint density at radius 3 is 2.78 bits per heavy atom. The Labute approximate surface area is 183 Å². The van der Waals surface area contributed by atoms with E-state index in [1.54, 1.807) is 6.20 Å². The van der Waals surface area contributed by atoms with E-state index in [-0.39, 0.29) is 29.4 Å². The Balaban J connectivity index is 0.00000261. The minimum Gasteiger partial charge on any atom is -0.443 e. The van der Waals surface area contributed by atoms with E-state index >= 15 is 0 Å². The van der Waals surface area contributed by atoms with Crippen LogP contribution in [0.2, 0.25) is 5.02 Å². The van der Waals surface area contributed by atoms with Crippen molar-refractivity contribution < 1.29 is 4.42 Å². The predicted molar refractivity (Wildman–Crippen MR) is 121 cm³/mol. The van der Waals surface area contributed by atoms with Crippen LogP contribution in [0, 0.1) is 0 Å². The highest BCUT2D eigenvalue weighted by molar-refractivity contribution is 14.0. The second-order valence-electron chi connectivity index (χ2n) is 7.71. The summed E-state index contributed by atoms with van der Waals surface area (Å²) in [5, 5.41) is 7.57. The zero-order valence-corrected chi connectivity index (χ0v) is 19.3. The number of aromatic nitrogens is 1. The zero-order chi connectivity index (χ0) is 18.7. The summed E-state index contributed by atoms with van der Waals surface area (Å²) in [5.74, 6) is 2.78. The van der Waals surface area contributed by atoms with Crippen molar-refractivity contribution in [1.29, 1.82) is 0 Å². The van der Waals surface area contributed by atoms with Crippen molar-refractivity contribution in [2.75, 3.05) is 6.54 Å². The zero-order valence-electron chi connectivity index (χ0n) is 16.3. The molecule has 0 radical (unpaired) electrons. The number of oxazole rings is 1. The molecule has 7 heteroatoms. The fourth-order valence-electron chi connectivity index (χ4n) is 2.83. The summed E-state index contributed by atoms with van der Waals surface area (Å²) in [6, 6.07) is 8.45. The molecule has 0 saturated heterocycles. The molecule has 0 spiro atoms. The Hall–Kier alpha value is -1.28. The van der Waals surface area contributed by atoms with Crippen molar-refractivity contribution in [3.8, 4) is 0 Å². The molecule has 1 aromatic carbocycles. The van der Waals surface area contributed by atoms with Gasteiger partial charge in [0, 0.05) is 28.9 Å². The van der Waals surface area contributed by atoms with Gasteiger partial charge in [0.25, 0.3) is 0 Å². The molecule has 2 N–H and O–H groups in total. The number of rotatable bonds is 5. The fraction of sp³-hybridized carbons (Fsp3) is 0.500. The lowest BCUT2D eigenvalue weighted by molar-refractivity contribution is 0.383. The number of hydrogen-bond acceptors (Lipinski definition) is 3. The fourth-order valence-corrected chi connectivity index (χ4v) is 3.03. The van der Waals surface area contributed by atoms with E-state index in [1.165, 1.54) is 5.56 Å². The number of guanidine groups is 1. The van der Waals surface area contributed by atoms with Gasteiger partial charge >= 0.3 is 0 Å². The second-order valence-corrected chi connectivity index (χ2v) is 8.15. The maximum absolute atomic E-state index is 6.10. The van der Waals surface area contributed by atoms with Gasteiger partial charge in [0.2, 0.25) is 5.89 Å². The van der Waals surface area contributed by atoms with Crippen LogP contribution in [-0.4, -0.2) is 23.5 Å². The van der Waals surface area contributed by atoms with Gasteiger partial charge in [-0.15, -0.1) is 24.0 Å². The molecule has 0 aliphatic heterocycles. The number of halogens is 2. The third-order valence-corrected chi connectivity index (χ3v) is 4.63. The van der Waals surface area contributed by atoms with Crippen LogP contribution in [0.5, 0.6) is 0 Å². The molecule has 2 unspecified atom stereocenters. The topological polar surface area (TPSA) is 62.5 Å². The van der Waals surface area contributed by atoms with Gasteiger partial charge in [-0.25, -0.2) is 9.98 Å². The average molecular weight is 503 g/mol. The summed E-state index contributed by atoms with van der Waals surface area (Å²) in [7, 11) is 0. The highest BCUT2D eigenvalue weighted by Crippen LogP contribution is 2.41. The first-order chi connectivity index (χ1) is 12.4. The van der Waals surface area contributed by atoms with Gasteiger partial charge in [-0.3, -0.25) is 0 Å². The van der Waals surface area contributed by atoms with Gasteiger partial charge in [-0.05, 0) is 31.0 Å². The third-order valence-electron chi connectivity index (χ3n) is 4.40. The lowest BCUT2D eigenvalue weighted by Crippen LogP contribution is -2.39. The smallest absolute Gasteiger partial charge is 0.216 e. The monoisotopic (exact) mass is 502 g/mol. The van der Waals surface area contributed by atoms with Crippen LogP contribution in [-0.2, 0) is 12.0 Å². The average Bonchev–Trinajstić information content (AvgIpc) is 3.16. The van der Waals surface area contributed by atoms with Crippen molar-refractivity contribution in [2.24, 2.45) is 4.99 Å². The maximum Gasteiger partial charge on any atom is 0.216 e. The summed E-state index contributed by atoms with van der Waals surface area (Å²) in [5.41, 5.74) is 1.23. The van der Waals surface area contributed by atoms with E-state index in [0.29, 0.717) is 24.4 Å². The summed E-state index contributed by atoms with van der Waals surface area (Å²) in [4.78, 5) is 8.95. The Morgan fingerprint density at radius 1 is 1.37 bits per heavy atom. The highest BCUT2D eigenvalue weighted by atomic mass is 127. The van der Waals surface area contributed by atoms with Crippen molar-refractivity contribution in [3.63, 3.8) is 0 Å². The lowest BCUT2D eigenvalue weighted by atomic mass is 9.94. The molecule has 1 fully saturated rings. The van der Waals surface area contributed by atoms with E-state index in [0.717, 1.165) is 29.7 Å². The van der Waals surface area contributed by atoms with Crippen LogP contribution in [0.1, 0.15) is 57.2 Å². The normalized spacial score (nSPS) is 19.4. The van der Waals surface area contributed by atoms with Gasteiger partial charge in [-0.2, -0.15) is 0 Å². The van der Waals surface area contributed by atoms with Crippen molar-refractivity contribution >= 4 is 41.5 Å². The predicted octanol–water partition coefficient (Wildman–Crippen LogP) is 4.85. The second kappa shape index (κ2) is 9.28. The van der Waals surface area contributed by atoms with Crippen molar-refractivity contribution in [3.05, 3.63) is 52.7 Å². The highest BCUT2D eigenvalue weighted by Gasteiger charge is 2.39. The molecular weight excluding hydrogens is 475 g/mol. The van der Waals surface area contributed by atoms with Gasteiger partial charge < -0.3 is 15.1 Å². The summed E-state index contributed by atoms with van der Waals surface area (Å²) < 4.78 is 5.81. The van der Waals surface area contributed by atoms with Crippen LogP contribution < -0.4 is 10.6 Å². The first-order valence-electron chi connectivity index (χ1n) is 9.12. The van der Waals surface area contributed by atoms with Crippen LogP contribution in [0.4, 0.5) is 0 Å². The van der Waals surface area contributed by atoms with Crippen LogP contribution in [0.25, 0.3) is 0 Å². The Bertz CT molecular complexity index is 784. The summed E-state index contributed by atoms with van der Waals surface area (Å²) >= 11 is 6.10. The largest absolute Gasteiger partial charge is 0.443 e. The third kappa shape index (κ3) is 6.10. The minimum atomic E-state index is -0.0457. The molecule has 5 nitrogen and oxygen atoms in total. The molecule has 1 aliphatic carbocycles. The van der Waals surface area contributed by atoms with E-state index < -0.39 is 0 Å². The quantitative estimate of drug-likeness (QED) is 0.348. The molecule has 1 aromatic heterocycles. The molecule has 1 saturated carbocycles. The summed E-state index contributed by atoms with van der Waals surface area (Å²) in [6.45, 7) is 9.60. The molecule has 148 valence electrons. The maximum atomic E-state index is 6.10. The minimum absolute atomic E-state index is 0. The first kappa shape index (κ1) is 22.0. The molecule has 1 aliphatic rings. The standard InChI is InChI=1S/C20H27ClN4O.HI/c1-5-22-19(24-12-18-23-11-17(26-18)20(2,3)4)25-16-10-15(16)13-7-6-8-14(21)9-13;/h6-9,11,15-16H,5,10,12H2,1-4H3,(H2,22,24,25);1H. The van der Waals surface area contributed by atoms with Gasteiger partial charge in [0.05, 0.1) is 6.20 Å². The van der Waals surface area contributed by atoms with E-state index in [4.69, 9.17) is 16.0 Å². The molecule has 1 heterocycles. The van der Waals surface area contributed by atoms with Gasteiger partial charge in [0.1, 0.15) is 12.3 Å². The van der Waals surface area contributed by atoms with Crippen molar-refractivity contribution in [2.45, 2.75) is 58.0 Å².